The second-order valence-electron chi connectivity index (χ2n) is 5.55. The molecule has 4 aromatic rings. The molecule has 0 aliphatic rings. The van der Waals surface area contributed by atoms with Crippen LogP contribution in [0.3, 0.4) is 0 Å². The Labute approximate surface area is 156 Å². The van der Waals surface area contributed by atoms with E-state index in [9.17, 15) is 9.59 Å². The van der Waals surface area contributed by atoms with Gasteiger partial charge >= 0.3 is 0 Å². The number of thiazole rings is 1. The van der Waals surface area contributed by atoms with Crippen molar-refractivity contribution in [3.05, 3.63) is 64.6 Å². The van der Waals surface area contributed by atoms with E-state index in [1.165, 1.54) is 11.3 Å². The number of benzene rings is 1. The number of nitrogens with one attached hydrogen (secondary N) is 3. The first kappa shape index (κ1) is 16.5. The van der Waals surface area contributed by atoms with Crippen molar-refractivity contribution in [3.63, 3.8) is 0 Å². The van der Waals surface area contributed by atoms with Crippen LogP contribution in [0.4, 0.5) is 0 Å². The SMILES string of the molecule is O=C(Cc1c[nH]c2ccccc12)NNC(=O)c1csc(-c2cccs2)n1. The predicted molar refractivity (Wildman–Crippen MR) is 103 cm³/mol. The van der Waals surface area contributed by atoms with E-state index in [1.807, 2.05) is 41.8 Å². The van der Waals surface area contributed by atoms with Crippen molar-refractivity contribution >= 4 is 45.4 Å². The van der Waals surface area contributed by atoms with Gasteiger partial charge in [-0.3, -0.25) is 20.4 Å². The summed E-state index contributed by atoms with van der Waals surface area (Å²) in [6.07, 6.45) is 1.97. The zero-order valence-corrected chi connectivity index (χ0v) is 15.1. The fraction of sp³-hybridized carbons (Fsp3) is 0.0556. The maximum Gasteiger partial charge on any atom is 0.289 e. The molecular weight excluding hydrogens is 368 g/mol. The van der Waals surface area contributed by atoms with Crippen molar-refractivity contribution in [2.45, 2.75) is 6.42 Å². The van der Waals surface area contributed by atoms with Crippen molar-refractivity contribution in [2.24, 2.45) is 0 Å². The molecule has 2 amide bonds. The Morgan fingerprint density at radius 2 is 1.96 bits per heavy atom. The van der Waals surface area contributed by atoms with E-state index < -0.39 is 5.91 Å². The molecule has 0 fully saturated rings. The number of hydrazine groups is 1. The van der Waals surface area contributed by atoms with Crippen LogP contribution in [-0.4, -0.2) is 21.8 Å². The monoisotopic (exact) mass is 382 g/mol. The minimum atomic E-state index is -0.434. The number of hydrogen-bond donors (Lipinski definition) is 3. The molecule has 26 heavy (non-hydrogen) atoms. The number of nitrogens with zero attached hydrogens (tertiary/aromatic N) is 1. The Kier molecular flexibility index (Phi) is 4.51. The Hall–Kier alpha value is -2.97. The second kappa shape index (κ2) is 7.11. The minimum absolute atomic E-state index is 0.168. The number of para-hydroxylation sites is 1. The van der Waals surface area contributed by atoms with Gasteiger partial charge in [-0.15, -0.1) is 22.7 Å². The number of H-pyrrole nitrogens is 1. The number of amides is 2. The molecule has 3 heterocycles. The lowest BCUT2D eigenvalue weighted by Gasteiger charge is -2.05. The Morgan fingerprint density at radius 1 is 1.08 bits per heavy atom. The van der Waals surface area contributed by atoms with Crippen LogP contribution >= 0.6 is 22.7 Å². The molecule has 0 unspecified atom stereocenters. The van der Waals surface area contributed by atoms with Gasteiger partial charge in [0.2, 0.25) is 5.91 Å². The molecule has 0 atom stereocenters. The highest BCUT2D eigenvalue weighted by Gasteiger charge is 2.14. The quantitative estimate of drug-likeness (QED) is 0.473. The van der Waals surface area contributed by atoms with Gasteiger partial charge in [-0.05, 0) is 23.1 Å². The van der Waals surface area contributed by atoms with Crippen LogP contribution in [0.15, 0.2) is 53.4 Å². The van der Waals surface area contributed by atoms with E-state index in [4.69, 9.17) is 0 Å². The lowest BCUT2D eigenvalue weighted by atomic mass is 10.1. The first-order chi connectivity index (χ1) is 12.7. The summed E-state index contributed by atoms with van der Waals surface area (Å²) in [6.45, 7) is 0. The topological polar surface area (TPSA) is 86.9 Å². The zero-order chi connectivity index (χ0) is 17.9. The highest BCUT2D eigenvalue weighted by atomic mass is 32.1. The first-order valence-corrected chi connectivity index (χ1v) is 9.60. The highest BCUT2D eigenvalue weighted by Crippen LogP contribution is 2.27. The summed E-state index contributed by atoms with van der Waals surface area (Å²) in [5, 5.41) is 5.42. The van der Waals surface area contributed by atoms with Gasteiger partial charge in [0, 0.05) is 22.5 Å². The molecular formula is C18H14N4O2S2. The molecule has 130 valence electrons. The number of thiophene rings is 1. The number of fused-ring (bicyclic) bond motifs is 1. The molecule has 0 aliphatic heterocycles. The van der Waals surface area contributed by atoms with Crippen LogP contribution in [0.2, 0.25) is 0 Å². The zero-order valence-electron chi connectivity index (χ0n) is 13.5. The van der Waals surface area contributed by atoms with E-state index in [1.54, 1.807) is 22.9 Å². The molecule has 0 aliphatic carbocycles. The summed E-state index contributed by atoms with van der Waals surface area (Å²) in [6, 6.07) is 11.6. The normalized spacial score (nSPS) is 10.8. The van der Waals surface area contributed by atoms with Crippen LogP contribution in [0.25, 0.3) is 20.8 Å². The highest BCUT2D eigenvalue weighted by molar-refractivity contribution is 7.20. The van der Waals surface area contributed by atoms with E-state index in [0.717, 1.165) is 26.4 Å². The smallest absolute Gasteiger partial charge is 0.289 e. The third-order valence-electron chi connectivity index (χ3n) is 3.81. The molecule has 1 aromatic carbocycles. The molecule has 0 saturated heterocycles. The van der Waals surface area contributed by atoms with Gasteiger partial charge in [-0.2, -0.15) is 0 Å². The number of rotatable bonds is 4. The standard InChI is InChI=1S/C18H14N4O2S2/c23-16(8-11-9-19-13-5-2-1-4-12(11)13)21-22-17(24)14-10-26-18(20-14)15-6-3-7-25-15/h1-7,9-10,19H,8H2,(H,21,23)(H,22,24). The maximum absolute atomic E-state index is 12.2. The Bertz CT molecular complexity index is 1070. The molecule has 3 aromatic heterocycles. The fourth-order valence-corrected chi connectivity index (χ4v) is 4.19. The molecule has 0 spiro atoms. The summed E-state index contributed by atoms with van der Waals surface area (Å²) in [4.78, 5) is 32.7. The second-order valence-corrected chi connectivity index (χ2v) is 7.36. The third-order valence-corrected chi connectivity index (χ3v) is 5.69. The summed E-state index contributed by atoms with van der Waals surface area (Å²) >= 11 is 2.96. The van der Waals surface area contributed by atoms with Crippen molar-refractivity contribution < 1.29 is 9.59 Å². The van der Waals surface area contributed by atoms with Gasteiger partial charge in [0.15, 0.2) is 0 Å². The van der Waals surface area contributed by atoms with Gasteiger partial charge in [-0.1, -0.05) is 24.3 Å². The van der Waals surface area contributed by atoms with Gasteiger partial charge in [0.1, 0.15) is 10.7 Å². The van der Waals surface area contributed by atoms with Crippen LogP contribution in [0, 0.1) is 0 Å². The molecule has 0 bridgehead atoms. The Balaban J connectivity index is 1.36. The lowest BCUT2D eigenvalue weighted by Crippen LogP contribution is -2.42. The molecule has 0 radical (unpaired) electrons. The first-order valence-electron chi connectivity index (χ1n) is 7.84. The van der Waals surface area contributed by atoms with Crippen molar-refractivity contribution in [2.75, 3.05) is 0 Å². The van der Waals surface area contributed by atoms with Crippen molar-refractivity contribution in [3.8, 4) is 9.88 Å². The fourth-order valence-electron chi connectivity index (χ4n) is 2.58. The van der Waals surface area contributed by atoms with Crippen molar-refractivity contribution in [1.29, 1.82) is 0 Å². The molecule has 3 N–H and O–H groups in total. The van der Waals surface area contributed by atoms with E-state index in [-0.39, 0.29) is 18.0 Å². The summed E-state index contributed by atoms with van der Waals surface area (Å²) in [5.74, 6) is -0.729. The number of aromatic nitrogens is 2. The number of aromatic amines is 1. The Morgan fingerprint density at radius 3 is 2.81 bits per heavy atom. The van der Waals surface area contributed by atoms with Crippen molar-refractivity contribution in [1.82, 2.24) is 20.8 Å². The van der Waals surface area contributed by atoms with Crippen LogP contribution in [0.1, 0.15) is 16.1 Å². The predicted octanol–water partition coefficient (Wildman–Crippen LogP) is 3.36. The van der Waals surface area contributed by atoms with E-state index in [0.29, 0.717) is 0 Å². The minimum Gasteiger partial charge on any atom is -0.361 e. The largest absolute Gasteiger partial charge is 0.361 e. The molecule has 6 nitrogen and oxygen atoms in total. The molecule has 0 saturated carbocycles. The van der Waals surface area contributed by atoms with Gasteiger partial charge in [0.25, 0.3) is 5.91 Å². The average Bonchev–Trinajstić information content (AvgIpc) is 3.40. The summed E-state index contributed by atoms with van der Waals surface area (Å²) < 4.78 is 0. The van der Waals surface area contributed by atoms with Crippen LogP contribution < -0.4 is 10.9 Å². The van der Waals surface area contributed by atoms with Gasteiger partial charge in [0.05, 0.1) is 11.3 Å². The van der Waals surface area contributed by atoms with Gasteiger partial charge < -0.3 is 4.98 Å². The van der Waals surface area contributed by atoms with E-state index in [2.05, 4.69) is 20.8 Å². The lowest BCUT2D eigenvalue weighted by molar-refractivity contribution is -0.121. The third kappa shape index (κ3) is 3.37. The number of carbonyl (C=O) groups is 2. The summed E-state index contributed by atoms with van der Waals surface area (Å²) in [5.41, 5.74) is 6.99. The van der Waals surface area contributed by atoms with Crippen LogP contribution in [-0.2, 0) is 11.2 Å². The maximum atomic E-state index is 12.2. The van der Waals surface area contributed by atoms with Gasteiger partial charge in [-0.25, -0.2) is 4.98 Å². The average molecular weight is 382 g/mol. The summed E-state index contributed by atoms with van der Waals surface area (Å²) in [7, 11) is 0. The van der Waals surface area contributed by atoms with E-state index >= 15 is 0 Å². The molecule has 8 heteroatoms. The van der Waals surface area contributed by atoms with Crippen LogP contribution in [0.5, 0.6) is 0 Å². The number of carbonyl (C=O) groups excluding carboxylic acids is 2. The number of hydrogen-bond acceptors (Lipinski definition) is 5. The molecule has 4 rings (SSSR count).